The van der Waals surface area contributed by atoms with Crippen LogP contribution in [0.2, 0.25) is 5.02 Å². The third-order valence-electron chi connectivity index (χ3n) is 3.27. The van der Waals surface area contributed by atoms with Crippen LogP contribution in [0, 0.1) is 6.92 Å². The van der Waals surface area contributed by atoms with Gasteiger partial charge in [0.05, 0.1) is 28.2 Å². The number of aromatic nitrogens is 2. The molecule has 0 radical (unpaired) electrons. The van der Waals surface area contributed by atoms with Crippen molar-refractivity contribution in [3.8, 4) is 5.69 Å². The molecule has 1 atom stereocenters. The molecular formula is C15H18ClN3O2. The van der Waals surface area contributed by atoms with Crippen molar-refractivity contribution in [1.82, 2.24) is 15.1 Å². The van der Waals surface area contributed by atoms with E-state index in [0.29, 0.717) is 17.0 Å². The summed E-state index contributed by atoms with van der Waals surface area (Å²) in [7, 11) is 0. The normalized spacial score (nSPS) is 12.2. The number of nitrogens with zero attached hydrogens (tertiary/aromatic N) is 2. The summed E-state index contributed by atoms with van der Waals surface area (Å²) < 4.78 is 1.65. The monoisotopic (exact) mass is 307 g/mol. The maximum atomic E-state index is 12.2. The summed E-state index contributed by atoms with van der Waals surface area (Å²) in [4.78, 5) is 12.2. The van der Waals surface area contributed by atoms with Crippen LogP contribution in [0.4, 0.5) is 0 Å². The number of hydrogen-bond donors (Lipinski definition) is 2. The van der Waals surface area contributed by atoms with Crippen molar-refractivity contribution in [2.75, 3.05) is 6.61 Å². The highest BCUT2D eigenvalue weighted by Crippen LogP contribution is 2.22. The van der Waals surface area contributed by atoms with Crippen molar-refractivity contribution in [2.45, 2.75) is 26.3 Å². The topological polar surface area (TPSA) is 67.2 Å². The molecule has 1 aromatic heterocycles. The molecule has 1 unspecified atom stereocenters. The predicted octanol–water partition coefficient (Wildman–Crippen LogP) is 2.33. The minimum absolute atomic E-state index is 0.0410. The van der Waals surface area contributed by atoms with Crippen molar-refractivity contribution in [3.63, 3.8) is 0 Å². The summed E-state index contributed by atoms with van der Waals surface area (Å²) in [6.07, 6.45) is 2.04. The van der Waals surface area contributed by atoms with Gasteiger partial charge in [-0.05, 0) is 32.4 Å². The number of carbonyl (C=O) groups is 1. The summed E-state index contributed by atoms with van der Waals surface area (Å²) in [5, 5.41) is 16.5. The van der Waals surface area contributed by atoms with E-state index in [-0.39, 0.29) is 18.6 Å². The van der Waals surface area contributed by atoms with Gasteiger partial charge >= 0.3 is 0 Å². The fourth-order valence-corrected chi connectivity index (χ4v) is 2.28. The van der Waals surface area contributed by atoms with Gasteiger partial charge in [-0.2, -0.15) is 5.10 Å². The lowest BCUT2D eigenvalue weighted by molar-refractivity contribution is 0.0934. The fraction of sp³-hybridized carbons (Fsp3) is 0.333. The second kappa shape index (κ2) is 6.74. The first-order valence-corrected chi connectivity index (χ1v) is 7.13. The Balaban J connectivity index is 2.25. The summed E-state index contributed by atoms with van der Waals surface area (Å²) in [6, 6.07) is 7.24. The number of carbonyl (C=O) groups excluding carboxylic acids is 1. The van der Waals surface area contributed by atoms with Gasteiger partial charge in [0.2, 0.25) is 0 Å². The molecule has 6 heteroatoms. The molecule has 0 fully saturated rings. The second-order valence-corrected chi connectivity index (χ2v) is 5.30. The van der Waals surface area contributed by atoms with Crippen LogP contribution in [0.5, 0.6) is 0 Å². The Labute approximate surface area is 128 Å². The molecular weight excluding hydrogens is 290 g/mol. The standard InChI is InChI=1S/C15H18ClN3O2/c1-10(7-8-20)18-15(21)12-9-17-19(11(12)2)14-6-4-3-5-13(14)16/h3-6,9-10,20H,7-8H2,1-2H3,(H,18,21). The molecule has 2 aromatic rings. The smallest absolute Gasteiger partial charge is 0.254 e. The van der Waals surface area contributed by atoms with Crippen LogP contribution >= 0.6 is 11.6 Å². The molecule has 5 nitrogen and oxygen atoms in total. The molecule has 0 aliphatic carbocycles. The van der Waals surface area contributed by atoms with E-state index in [1.165, 1.54) is 6.20 Å². The number of aliphatic hydroxyl groups is 1. The lowest BCUT2D eigenvalue weighted by Gasteiger charge is -2.12. The van der Waals surface area contributed by atoms with Crippen LogP contribution in [0.15, 0.2) is 30.5 Å². The second-order valence-electron chi connectivity index (χ2n) is 4.89. The molecule has 112 valence electrons. The van der Waals surface area contributed by atoms with Crippen LogP contribution in [-0.2, 0) is 0 Å². The van der Waals surface area contributed by atoms with Gasteiger partial charge < -0.3 is 10.4 Å². The van der Waals surface area contributed by atoms with Gasteiger partial charge in [0, 0.05) is 12.6 Å². The predicted molar refractivity (Wildman–Crippen MR) is 81.9 cm³/mol. The maximum Gasteiger partial charge on any atom is 0.254 e. The minimum atomic E-state index is -0.202. The number of aliphatic hydroxyl groups excluding tert-OH is 1. The lowest BCUT2D eigenvalue weighted by Crippen LogP contribution is -2.33. The molecule has 0 bridgehead atoms. The summed E-state index contributed by atoms with van der Waals surface area (Å²) >= 11 is 6.16. The highest BCUT2D eigenvalue weighted by molar-refractivity contribution is 6.32. The Hall–Kier alpha value is -1.85. The van der Waals surface area contributed by atoms with Gasteiger partial charge in [-0.15, -0.1) is 0 Å². The Morgan fingerprint density at radius 1 is 1.48 bits per heavy atom. The molecule has 0 aliphatic heterocycles. The summed E-state index contributed by atoms with van der Waals surface area (Å²) in [5.41, 5.74) is 1.95. The first-order chi connectivity index (χ1) is 10.0. The Morgan fingerprint density at radius 3 is 2.86 bits per heavy atom. The Kier molecular flexibility index (Phi) is 4.98. The molecule has 2 rings (SSSR count). The van der Waals surface area contributed by atoms with Crippen LogP contribution in [0.1, 0.15) is 29.4 Å². The number of rotatable bonds is 5. The molecule has 0 spiro atoms. The molecule has 0 saturated heterocycles. The van der Waals surface area contributed by atoms with Crippen LogP contribution < -0.4 is 5.32 Å². The number of nitrogens with one attached hydrogen (secondary N) is 1. The Morgan fingerprint density at radius 2 is 2.19 bits per heavy atom. The molecule has 1 heterocycles. The molecule has 0 aliphatic rings. The van der Waals surface area contributed by atoms with E-state index in [9.17, 15) is 4.79 Å². The van der Waals surface area contributed by atoms with E-state index in [2.05, 4.69) is 10.4 Å². The van der Waals surface area contributed by atoms with Gasteiger partial charge in [-0.1, -0.05) is 23.7 Å². The van der Waals surface area contributed by atoms with E-state index in [1.54, 1.807) is 10.7 Å². The van der Waals surface area contributed by atoms with Crippen molar-refractivity contribution >= 4 is 17.5 Å². The zero-order valence-corrected chi connectivity index (χ0v) is 12.8. The number of para-hydroxylation sites is 1. The van der Waals surface area contributed by atoms with E-state index < -0.39 is 0 Å². The third kappa shape index (κ3) is 3.43. The first kappa shape index (κ1) is 15.5. The number of hydrogen-bond acceptors (Lipinski definition) is 3. The fourth-order valence-electron chi connectivity index (χ4n) is 2.07. The van der Waals surface area contributed by atoms with Crippen LogP contribution in [0.3, 0.4) is 0 Å². The Bertz CT molecular complexity index is 640. The average molecular weight is 308 g/mol. The number of benzene rings is 1. The summed E-state index contributed by atoms with van der Waals surface area (Å²) in [6.45, 7) is 3.71. The number of amides is 1. The van der Waals surface area contributed by atoms with Crippen molar-refractivity contribution in [2.24, 2.45) is 0 Å². The van der Waals surface area contributed by atoms with E-state index >= 15 is 0 Å². The lowest BCUT2D eigenvalue weighted by atomic mass is 10.2. The van der Waals surface area contributed by atoms with Crippen LogP contribution in [-0.4, -0.2) is 33.4 Å². The van der Waals surface area contributed by atoms with E-state index in [1.807, 2.05) is 32.0 Å². The highest BCUT2D eigenvalue weighted by atomic mass is 35.5. The molecule has 21 heavy (non-hydrogen) atoms. The zero-order chi connectivity index (χ0) is 15.4. The third-order valence-corrected chi connectivity index (χ3v) is 3.59. The van der Waals surface area contributed by atoms with Gasteiger partial charge in [0.15, 0.2) is 0 Å². The SMILES string of the molecule is Cc1c(C(=O)NC(C)CCO)cnn1-c1ccccc1Cl. The molecule has 1 aromatic carbocycles. The van der Waals surface area contributed by atoms with E-state index in [0.717, 1.165) is 11.4 Å². The van der Waals surface area contributed by atoms with Gasteiger partial charge in [-0.3, -0.25) is 4.79 Å². The molecule has 1 amide bonds. The molecule has 0 saturated carbocycles. The first-order valence-electron chi connectivity index (χ1n) is 6.76. The maximum absolute atomic E-state index is 12.2. The average Bonchev–Trinajstić information content (AvgIpc) is 2.81. The number of halogens is 1. The van der Waals surface area contributed by atoms with E-state index in [4.69, 9.17) is 16.7 Å². The molecule has 2 N–H and O–H groups in total. The quantitative estimate of drug-likeness (QED) is 0.891. The van der Waals surface area contributed by atoms with Gasteiger partial charge in [0.1, 0.15) is 0 Å². The van der Waals surface area contributed by atoms with Gasteiger partial charge in [-0.25, -0.2) is 4.68 Å². The zero-order valence-electron chi connectivity index (χ0n) is 12.0. The highest BCUT2D eigenvalue weighted by Gasteiger charge is 2.17. The van der Waals surface area contributed by atoms with Gasteiger partial charge in [0.25, 0.3) is 5.91 Å². The minimum Gasteiger partial charge on any atom is -0.396 e. The summed E-state index contributed by atoms with van der Waals surface area (Å²) in [5.74, 6) is -0.202. The largest absolute Gasteiger partial charge is 0.396 e. The van der Waals surface area contributed by atoms with Crippen molar-refractivity contribution in [3.05, 3.63) is 46.7 Å². The van der Waals surface area contributed by atoms with Crippen LogP contribution in [0.25, 0.3) is 5.69 Å². The van der Waals surface area contributed by atoms with Crippen molar-refractivity contribution in [1.29, 1.82) is 0 Å². The van der Waals surface area contributed by atoms with Crippen molar-refractivity contribution < 1.29 is 9.90 Å².